The van der Waals surface area contributed by atoms with Crippen molar-refractivity contribution in [3.8, 4) is 0 Å². The molecule has 0 fully saturated rings. The quantitative estimate of drug-likeness (QED) is 0.414. The minimum Gasteiger partial charge on any atom is -0.231 e. The maximum Gasteiger partial charge on any atom is 0.187 e. The Labute approximate surface area is 129 Å². The molecule has 0 unspecified atom stereocenters. The minimum atomic E-state index is 0.529. The minimum absolute atomic E-state index is 0.529. The molecule has 4 nitrogen and oxygen atoms in total. The number of rotatable bonds is 3. The van der Waals surface area contributed by atoms with E-state index >= 15 is 0 Å². The van der Waals surface area contributed by atoms with E-state index in [4.69, 9.17) is 11.6 Å². The van der Waals surface area contributed by atoms with E-state index in [9.17, 15) is 0 Å². The van der Waals surface area contributed by atoms with Gasteiger partial charge in [0.25, 0.3) is 0 Å². The maximum absolute atomic E-state index is 6.28. The van der Waals surface area contributed by atoms with Gasteiger partial charge in [-0.25, -0.2) is 19.9 Å². The molecule has 0 amide bonds. The van der Waals surface area contributed by atoms with Crippen molar-refractivity contribution in [1.82, 2.24) is 19.9 Å². The summed E-state index contributed by atoms with van der Waals surface area (Å²) in [6.07, 6.45) is 3.44. The van der Waals surface area contributed by atoms with E-state index in [1.807, 2.05) is 0 Å². The van der Waals surface area contributed by atoms with Crippen LogP contribution >= 0.6 is 34.7 Å². The highest BCUT2D eigenvalue weighted by atomic mass is 35.5. The number of hydrogen-bond donors (Lipinski definition) is 0. The van der Waals surface area contributed by atoms with Crippen molar-refractivity contribution in [2.45, 2.75) is 24.8 Å². The third-order valence-electron chi connectivity index (χ3n) is 2.90. The Bertz CT molecular complexity index is 758. The number of fused-ring (bicyclic) bond motifs is 1. The van der Waals surface area contributed by atoms with Crippen LogP contribution in [0.15, 0.2) is 23.6 Å². The topological polar surface area (TPSA) is 51.6 Å². The lowest BCUT2D eigenvalue weighted by Crippen LogP contribution is -1.94. The third-order valence-corrected chi connectivity index (χ3v) is 5.15. The zero-order valence-electron chi connectivity index (χ0n) is 10.9. The summed E-state index contributed by atoms with van der Waals surface area (Å²) in [5, 5.41) is 2.21. The highest BCUT2D eigenvalue weighted by molar-refractivity contribution is 7.98. The molecule has 7 heteroatoms. The number of hydrogen-bond acceptors (Lipinski definition) is 6. The monoisotopic (exact) mass is 322 g/mol. The van der Waals surface area contributed by atoms with Crippen LogP contribution in [0.3, 0.4) is 0 Å². The molecule has 0 spiro atoms. The molecular formula is C13H11ClN4S2. The van der Waals surface area contributed by atoms with Crippen LogP contribution in [0.2, 0.25) is 5.15 Å². The first-order chi connectivity index (χ1) is 9.65. The van der Waals surface area contributed by atoms with Gasteiger partial charge in [-0.15, -0.1) is 11.3 Å². The molecule has 0 aliphatic heterocycles. The predicted octanol–water partition coefficient (Wildman–Crippen LogP) is 4.04. The Hall–Kier alpha value is -1.24. The van der Waals surface area contributed by atoms with Gasteiger partial charge in [-0.2, -0.15) is 0 Å². The Balaban J connectivity index is 1.89. The second-order valence-electron chi connectivity index (χ2n) is 4.21. The van der Waals surface area contributed by atoms with E-state index < -0.39 is 0 Å². The lowest BCUT2D eigenvalue weighted by atomic mass is 10.2. The summed E-state index contributed by atoms with van der Waals surface area (Å²) in [4.78, 5) is 19.5. The van der Waals surface area contributed by atoms with Crippen LogP contribution in [-0.2, 0) is 5.75 Å². The first-order valence-electron chi connectivity index (χ1n) is 5.97. The molecule has 0 bridgehead atoms. The highest BCUT2D eigenvalue weighted by Gasteiger charge is 2.13. The summed E-state index contributed by atoms with van der Waals surface area (Å²) in [6, 6.07) is 1.79. The van der Waals surface area contributed by atoms with Gasteiger partial charge in [-0.1, -0.05) is 23.4 Å². The van der Waals surface area contributed by atoms with Crippen molar-refractivity contribution < 1.29 is 0 Å². The highest BCUT2D eigenvalue weighted by Crippen LogP contribution is 2.33. The largest absolute Gasteiger partial charge is 0.231 e. The molecule has 20 heavy (non-hydrogen) atoms. The lowest BCUT2D eigenvalue weighted by molar-refractivity contribution is 0.961. The van der Waals surface area contributed by atoms with Gasteiger partial charge in [0, 0.05) is 17.3 Å². The van der Waals surface area contributed by atoms with Crippen molar-refractivity contribution in [3.05, 3.63) is 39.9 Å². The second kappa shape index (κ2) is 5.63. The molecule has 0 aromatic carbocycles. The molecule has 3 rings (SSSR count). The second-order valence-corrected chi connectivity index (χ2v) is 6.72. The van der Waals surface area contributed by atoms with Crippen molar-refractivity contribution in [1.29, 1.82) is 0 Å². The molecule has 0 saturated carbocycles. The van der Waals surface area contributed by atoms with Gasteiger partial charge in [0.2, 0.25) is 0 Å². The number of halogens is 1. The maximum atomic E-state index is 6.28. The van der Waals surface area contributed by atoms with Crippen molar-refractivity contribution in [2.75, 3.05) is 0 Å². The molecule has 102 valence electrons. The van der Waals surface area contributed by atoms with Crippen LogP contribution in [0.25, 0.3) is 10.2 Å². The fourth-order valence-electron chi connectivity index (χ4n) is 1.80. The molecule has 0 atom stereocenters. The van der Waals surface area contributed by atoms with E-state index in [1.54, 1.807) is 29.8 Å². The van der Waals surface area contributed by atoms with Gasteiger partial charge in [0.1, 0.15) is 15.8 Å². The third kappa shape index (κ3) is 2.63. The number of thioether (sulfide) groups is 1. The Morgan fingerprint density at radius 1 is 1.20 bits per heavy atom. The fourth-order valence-corrected chi connectivity index (χ4v) is 3.89. The van der Waals surface area contributed by atoms with Crippen LogP contribution < -0.4 is 0 Å². The Morgan fingerprint density at radius 2 is 1.95 bits per heavy atom. The van der Waals surface area contributed by atoms with Gasteiger partial charge in [0.05, 0.1) is 11.1 Å². The summed E-state index contributed by atoms with van der Waals surface area (Å²) < 4.78 is 0. The number of thiophene rings is 1. The fraction of sp³-hybridized carbons (Fsp3) is 0.231. The molecule has 3 aromatic heterocycles. The number of aryl methyl sites for hydroxylation is 2. The van der Waals surface area contributed by atoms with Gasteiger partial charge in [-0.3, -0.25) is 0 Å². The SMILES string of the molecule is Cc1sc2nc(CSc3ncccn3)nc(Cl)c2c1C. The predicted molar refractivity (Wildman–Crippen MR) is 83.5 cm³/mol. The summed E-state index contributed by atoms with van der Waals surface area (Å²) in [5.74, 6) is 1.32. The van der Waals surface area contributed by atoms with E-state index in [0.717, 1.165) is 10.2 Å². The number of nitrogens with zero attached hydrogens (tertiary/aromatic N) is 4. The normalized spacial score (nSPS) is 11.2. The standard InChI is InChI=1S/C13H11ClN4S2/c1-7-8(2)20-12-10(7)11(14)17-9(18-12)6-19-13-15-4-3-5-16-13/h3-5H,6H2,1-2H3. The Morgan fingerprint density at radius 3 is 2.70 bits per heavy atom. The van der Waals surface area contributed by atoms with E-state index in [-0.39, 0.29) is 0 Å². The van der Waals surface area contributed by atoms with E-state index in [1.165, 1.54) is 22.2 Å². The van der Waals surface area contributed by atoms with Gasteiger partial charge in [-0.05, 0) is 25.5 Å². The Kier molecular flexibility index (Phi) is 3.87. The number of aromatic nitrogens is 4. The average Bonchev–Trinajstić information content (AvgIpc) is 2.73. The zero-order valence-corrected chi connectivity index (χ0v) is 13.3. The molecule has 0 saturated heterocycles. The zero-order chi connectivity index (χ0) is 14.1. The molecule has 0 radical (unpaired) electrons. The molecule has 0 N–H and O–H groups in total. The van der Waals surface area contributed by atoms with Crippen molar-refractivity contribution in [2.24, 2.45) is 0 Å². The first-order valence-corrected chi connectivity index (χ1v) is 8.15. The first kappa shape index (κ1) is 13.7. The molecular weight excluding hydrogens is 312 g/mol. The van der Waals surface area contributed by atoms with Gasteiger partial charge >= 0.3 is 0 Å². The molecule has 0 aliphatic carbocycles. The van der Waals surface area contributed by atoms with E-state index in [2.05, 4.69) is 33.8 Å². The van der Waals surface area contributed by atoms with Crippen LogP contribution in [0.5, 0.6) is 0 Å². The summed E-state index contributed by atoms with van der Waals surface area (Å²) in [6.45, 7) is 4.12. The van der Waals surface area contributed by atoms with E-state index in [0.29, 0.717) is 21.9 Å². The van der Waals surface area contributed by atoms with Crippen LogP contribution in [0, 0.1) is 13.8 Å². The van der Waals surface area contributed by atoms with Crippen molar-refractivity contribution in [3.63, 3.8) is 0 Å². The summed E-state index contributed by atoms with van der Waals surface area (Å²) >= 11 is 9.43. The lowest BCUT2D eigenvalue weighted by Gasteiger charge is -2.01. The van der Waals surface area contributed by atoms with Crippen LogP contribution in [-0.4, -0.2) is 19.9 Å². The van der Waals surface area contributed by atoms with Crippen molar-refractivity contribution >= 4 is 44.9 Å². The van der Waals surface area contributed by atoms with Gasteiger partial charge < -0.3 is 0 Å². The average molecular weight is 323 g/mol. The summed E-state index contributed by atoms with van der Waals surface area (Å²) in [5.41, 5.74) is 1.17. The molecule has 0 aliphatic rings. The van der Waals surface area contributed by atoms with Crippen LogP contribution in [0.4, 0.5) is 0 Å². The van der Waals surface area contributed by atoms with Gasteiger partial charge in [0.15, 0.2) is 5.16 Å². The smallest absolute Gasteiger partial charge is 0.187 e. The van der Waals surface area contributed by atoms with Crippen LogP contribution in [0.1, 0.15) is 16.3 Å². The molecule has 3 aromatic rings. The summed E-state index contributed by atoms with van der Waals surface area (Å²) in [7, 11) is 0. The molecule has 3 heterocycles.